The number of nitrogens with zero attached hydrogens (tertiary/aromatic N) is 3. The number of hydrogen-bond acceptors (Lipinski definition) is 6. The lowest BCUT2D eigenvalue weighted by atomic mass is 10.1. The third-order valence-electron chi connectivity index (χ3n) is 4.31. The summed E-state index contributed by atoms with van der Waals surface area (Å²) in [7, 11) is 3.51. The molecule has 6 nitrogen and oxygen atoms in total. The highest BCUT2D eigenvalue weighted by molar-refractivity contribution is 6.32. The van der Waals surface area contributed by atoms with Gasteiger partial charge in [0.2, 0.25) is 0 Å². The zero-order chi connectivity index (χ0) is 16.9. The maximum atomic E-state index is 6.08. The molecule has 1 aliphatic rings. The van der Waals surface area contributed by atoms with Gasteiger partial charge in [-0.25, -0.2) is 9.97 Å². The van der Waals surface area contributed by atoms with Crippen LogP contribution in [-0.4, -0.2) is 43.8 Å². The molecule has 1 unspecified atom stereocenters. The van der Waals surface area contributed by atoms with Crippen LogP contribution in [0.25, 0.3) is 0 Å². The summed E-state index contributed by atoms with van der Waals surface area (Å²) >= 11 is 6.08. The standard InChI is InChI=1S/C17H22ClN5O/c1-19-15-16(18)21-11-22-17(15)20-9-12-6-7-23(10-12)13-4-3-5-14(8-13)24-2/h3-5,8,11-12,19H,6-7,9-10H2,1-2H3,(H,20,21,22). The Morgan fingerprint density at radius 2 is 2.25 bits per heavy atom. The number of aromatic nitrogens is 2. The Morgan fingerprint density at radius 3 is 3.04 bits per heavy atom. The van der Waals surface area contributed by atoms with E-state index in [9.17, 15) is 0 Å². The molecule has 1 aromatic heterocycles. The normalized spacial score (nSPS) is 17.0. The largest absolute Gasteiger partial charge is 0.497 e. The molecule has 1 aromatic carbocycles. The zero-order valence-corrected chi connectivity index (χ0v) is 14.7. The van der Waals surface area contributed by atoms with Crippen molar-refractivity contribution in [1.29, 1.82) is 0 Å². The fourth-order valence-corrected chi connectivity index (χ4v) is 3.23. The summed E-state index contributed by atoms with van der Waals surface area (Å²) in [5, 5.41) is 6.86. The topological polar surface area (TPSA) is 62.3 Å². The first-order valence-electron chi connectivity index (χ1n) is 8.02. The van der Waals surface area contributed by atoms with E-state index in [0.29, 0.717) is 11.1 Å². The number of benzene rings is 1. The van der Waals surface area contributed by atoms with Crippen LogP contribution in [0.1, 0.15) is 6.42 Å². The van der Waals surface area contributed by atoms with Gasteiger partial charge in [-0.2, -0.15) is 0 Å². The maximum Gasteiger partial charge on any atom is 0.157 e. The van der Waals surface area contributed by atoms with Gasteiger partial charge in [0.15, 0.2) is 11.0 Å². The predicted octanol–water partition coefficient (Wildman–Crippen LogP) is 3.12. The number of hydrogen-bond donors (Lipinski definition) is 2. The number of rotatable bonds is 6. The second-order valence-electron chi connectivity index (χ2n) is 5.82. The van der Waals surface area contributed by atoms with E-state index in [2.05, 4.69) is 37.6 Å². The maximum absolute atomic E-state index is 6.08. The van der Waals surface area contributed by atoms with Crippen molar-refractivity contribution in [1.82, 2.24) is 9.97 Å². The highest BCUT2D eigenvalue weighted by Gasteiger charge is 2.23. The number of anilines is 3. The molecule has 0 spiro atoms. The number of halogens is 1. The molecule has 1 fully saturated rings. The Labute approximate surface area is 147 Å². The van der Waals surface area contributed by atoms with Crippen LogP contribution in [0.2, 0.25) is 5.15 Å². The van der Waals surface area contributed by atoms with E-state index in [4.69, 9.17) is 16.3 Å². The average molecular weight is 348 g/mol. The van der Waals surface area contributed by atoms with Crippen molar-refractivity contribution in [3.05, 3.63) is 35.7 Å². The lowest BCUT2D eigenvalue weighted by Crippen LogP contribution is -2.22. The minimum atomic E-state index is 0.430. The highest BCUT2D eigenvalue weighted by atomic mass is 35.5. The van der Waals surface area contributed by atoms with Crippen LogP contribution in [0.15, 0.2) is 30.6 Å². The van der Waals surface area contributed by atoms with Gasteiger partial charge in [-0.05, 0) is 24.5 Å². The van der Waals surface area contributed by atoms with Crippen LogP contribution in [0.4, 0.5) is 17.2 Å². The molecule has 128 valence electrons. The van der Waals surface area contributed by atoms with Crippen LogP contribution in [0.3, 0.4) is 0 Å². The van der Waals surface area contributed by atoms with Crippen molar-refractivity contribution < 1.29 is 4.74 Å². The van der Waals surface area contributed by atoms with Gasteiger partial charge in [0.1, 0.15) is 17.8 Å². The molecular formula is C17H22ClN5O. The van der Waals surface area contributed by atoms with Crippen molar-refractivity contribution in [3.8, 4) is 5.75 Å². The molecule has 24 heavy (non-hydrogen) atoms. The molecule has 0 aliphatic carbocycles. The van der Waals surface area contributed by atoms with Crippen molar-refractivity contribution >= 4 is 28.8 Å². The minimum absolute atomic E-state index is 0.430. The van der Waals surface area contributed by atoms with Gasteiger partial charge in [-0.15, -0.1) is 0 Å². The molecule has 3 rings (SSSR count). The number of ether oxygens (including phenoxy) is 1. The summed E-state index contributed by atoms with van der Waals surface area (Å²) in [6, 6.07) is 8.21. The fraction of sp³-hybridized carbons (Fsp3) is 0.412. The molecule has 2 N–H and O–H groups in total. The Balaban J connectivity index is 1.60. The highest BCUT2D eigenvalue weighted by Crippen LogP contribution is 2.29. The summed E-state index contributed by atoms with van der Waals surface area (Å²) in [6.45, 7) is 2.90. The molecule has 0 bridgehead atoms. The Hall–Kier alpha value is -2.21. The van der Waals surface area contributed by atoms with E-state index in [1.165, 1.54) is 12.0 Å². The summed E-state index contributed by atoms with van der Waals surface area (Å²) < 4.78 is 5.31. The Bertz CT molecular complexity index is 696. The number of methoxy groups -OCH3 is 1. The first-order valence-corrected chi connectivity index (χ1v) is 8.40. The molecule has 2 aromatic rings. The summed E-state index contributed by atoms with van der Waals surface area (Å²) in [5.41, 5.74) is 1.94. The van der Waals surface area contributed by atoms with Gasteiger partial charge >= 0.3 is 0 Å². The van der Waals surface area contributed by atoms with Crippen molar-refractivity contribution in [2.75, 3.05) is 49.3 Å². The van der Waals surface area contributed by atoms with E-state index < -0.39 is 0 Å². The molecule has 1 atom stereocenters. The van der Waals surface area contributed by atoms with Crippen LogP contribution in [0, 0.1) is 5.92 Å². The van der Waals surface area contributed by atoms with Crippen LogP contribution < -0.4 is 20.3 Å². The zero-order valence-electron chi connectivity index (χ0n) is 13.9. The quantitative estimate of drug-likeness (QED) is 0.783. The minimum Gasteiger partial charge on any atom is -0.497 e. The molecule has 2 heterocycles. The fourth-order valence-electron chi connectivity index (χ4n) is 3.00. The molecule has 1 aliphatic heterocycles. The predicted molar refractivity (Wildman–Crippen MR) is 98.4 cm³/mol. The van der Waals surface area contributed by atoms with E-state index >= 15 is 0 Å². The smallest absolute Gasteiger partial charge is 0.157 e. The van der Waals surface area contributed by atoms with Gasteiger partial charge in [0.05, 0.1) is 7.11 Å². The first-order chi connectivity index (χ1) is 11.7. The molecule has 7 heteroatoms. The van der Waals surface area contributed by atoms with Gasteiger partial charge in [0.25, 0.3) is 0 Å². The van der Waals surface area contributed by atoms with Crippen LogP contribution in [0.5, 0.6) is 5.75 Å². The molecule has 0 amide bonds. The van der Waals surface area contributed by atoms with E-state index in [0.717, 1.165) is 43.3 Å². The molecule has 0 radical (unpaired) electrons. The van der Waals surface area contributed by atoms with E-state index in [1.54, 1.807) is 7.11 Å². The summed E-state index contributed by atoms with van der Waals surface area (Å²) in [6.07, 6.45) is 2.61. The van der Waals surface area contributed by atoms with Crippen LogP contribution in [-0.2, 0) is 0 Å². The SMILES string of the molecule is CNc1c(Cl)ncnc1NCC1CCN(c2cccc(OC)c2)C1. The molecular weight excluding hydrogens is 326 g/mol. The molecule has 1 saturated heterocycles. The van der Waals surface area contributed by atoms with Crippen molar-refractivity contribution in [2.24, 2.45) is 5.92 Å². The molecule has 0 saturated carbocycles. The van der Waals surface area contributed by atoms with Gasteiger partial charge < -0.3 is 20.3 Å². The van der Waals surface area contributed by atoms with E-state index in [-0.39, 0.29) is 0 Å². The van der Waals surface area contributed by atoms with Gasteiger partial charge in [0, 0.05) is 38.4 Å². The Kier molecular flexibility index (Phi) is 5.25. The Morgan fingerprint density at radius 1 is 1.38 bits per heavy atom. The van der Waals surface area contributed by atoms with E-state index in [1.807, 2.05) is 19.2 Å². The van der Waals surface area contributed by atoms with Crippen molar-refractivity contribution in [3.63, 3.8) is 0 Å². The average Bonchev–Trinajstić information content (AvgIpc) is 3.09. The monoisotopic (exact) mass is 347 g/mol. The summed E-state index contributed by atoms with van der Waals surface area (Å²) in [4.78, 5) is 10.7. The van der Waals surface area contributed by atoms with Crippen LogP contribution >= 0.6 is 11.6 Å². The van der Waals surface area contributed by atoms with Crippen molar-refractivity contribution in [2.45, 2.75) is 6.42 Å². The number of nitrogens with one attached hydrogen (secondary N) is 2. The first kappa shape index (κ1) is 16.6. The second-order valence-corrected chi connectivity index (χ2v) is 6.18. The third-order valence-corrected chi connectivity index (χ3v) is 4.60. The second kappa shape index (κ2) is 7.57. The van der Waals surface area contributed by atoms with Gasteiger partial charge in [-0.1, -0.05) is 17.7 Å². The summed E-state index contributed by atoms with van der Waals surface area (Å²) in [5.74, 6) is 2.19. The van der Waals surface area contributed by atoms with Gasteiger partial charge in [-0.3, -0.25) is 0 Å². The lowest BCUT2D eigenvalue weighted by Gasteiger charge is -2.20. The lowest BCUT2D eigenvalue weighted by molar-refractivity contribution is 0.415. The third kappa shape index (κ3) is 3.64.